The predicted octanol–water partition coefficient (Wildman–Crippen LogP) is 3.90. The number of aromatic nitrogens is 2. The molecular formula is C14H16BrClN2O. The summed E-state index contributed by atoms with van der Waals surface area (Å²) in [5.41, 5.74) is 2.82. The van der Waals surface area contributed by atoms with Crippen LogP contribution in [0, 0.1) is 6.92 Å². The van der Waals surface area contributed by atoms with Gasteiger partial charge in [-0.05, 0) is 53.5 Å². The van der Waals surface area contributed by atoms with Gasteiger partial charge in [0.15, 0.2) is 0 Å². The topological polar surface area (TPSA) is 38.0 Å². The fourth-order valence-corrected chi connectivity index (χ4v) is 2.51. The van der Waals surface area contributed by atoms with Gasteiger partial charge in [-0.1, -0.05) is 17.7 Å². The quantitative estimate of drug-likeness (QED) is 0.914. The maximum Gasteiger partial charge on any atom is 0.0845 e. The van der Waals surface area contributed by atoms with Gasteiger partial charge in [0, 0.05) is 23.1 Å². The third-order valence-corrected chi connectivity index (χ3v) is 4.25. The first-order valence-corrected chi connectivity index (χ1v) is 7.34. The minimum absolute atomic E-state index is 0.534. The first-order valence-electron chi connectivity index (χ1n) is 6.17. The normalized spacial score (nSPS) is 12.7. The minimum Gasteiger partial charge on any atom is -0.388 e. The Morgan fingerprint density at radius 2 is 2.16 bits per heavy atom. The Hall–Kier alpha value is -0.840. The number of aryl methyl sites for hydroxylation is 2. The number of nitrogens with zero attached hydrogens (tertiary/aromatic N) is 2. The van der Waals surface area contributed by atoms with E-state index in [2.05, 4.69) is 21.0 Å². The van der Waals surface area contributed by atoms with E-state index in [9.17, 15) is 5.11 Å². The summed E-state index contributed by atoms with van der Waals surface area (Å²) in [6.45, 7) is 4.80. The average Bonchev–Trinajstić information content (AvgIpc) is 2.72. The molecule has 3 nitrogen and oxygen atoms in total. The van der Waals surface area contributed by atoms with Crippen molar-refractivity contribution in [2.24, 2.45) is 0 Å². The highest BCUT2D eigenvalue weighted by molar-refractivity contribution is 9.10. The Labute approximate surface area is 126 Å². The average molecular weight is 344 g/mol. The van der Waals surface area contributed by atoms with Crippen LogP contribution in [0.2, 0.25) is 5.02 Å². The molecule has 0 amide bonds. The van der Waals surface area contributed by atoms with Crippen LogP contribution in [0.25, 0.3) is 0 Å². The van der Waals surface area contributed by atoms with Crippen molar-refractivity contribution in [3.05, 3.63) is 50.7 Å². The molecule has 1 aromatic carbocycles. The Kier molecular flexibility index (Phi) is 4.66. The van der Waals surface area contributed by atoms with E-state index >= 15 is 0 Å². The number of hydrogen-bond donors (Lipinski definition) is 1. The Morgan fingerprint density at radius 1 is 1.42 bits per heavy atom. The fourth-order valence-electron chi connectivity index (χ4n) is 2.07. The van der Waals surface area contributed by atoms with E-state index in [-0.39, 0.29) is 0 Å². The second-order valence-corrected chi connectivity index (χ2v) is 5.75. The van der Waals surface area contributed by atoms with Gasteiger partial charge in [-0.15, -0.1) is 0 Å². The molecule has 0 aliphatic rings. The molecule has 1 atom stereocenters. The summed E-state index contributed by atoms with van der Waals surface area (Å²) in [4.78, 5) is 0. The Bertz CT molecular complexity index is 583. The molecule has 102 valence electrons. The first-order chi connectivity index (χ1) is 9.01. The molecule has 0 aliphatic heterocycles. The van der Waals surface area contributed by atoms with Gasteiger partial charge in [0.2, 0.25) is 0 Å². The zero-order valence-corrected chi connectivity index (χ0v) is 13.2. The highest BCUT2D eigenvalue weighted by Gasteiger charge is 2.13. The highest BCUT2D eigenvalue weighted by Crippen LogP contribution is 2.27. The maximum atomic E-state index is 10.3. The van der Waals surface area contributed by atoms with Crippen molar-refractivity contribution in [3.63, 3.8) is 0 Å². The molecule has 5 heteroatoms. The number of halogens is 2. The second kappa shape index (κ2) is 6.07. The summed E-state index contributed by atoms with van der Waals surface area (Å²) in [6, 6.07) is 7.52. The van der Waals surface area contributed by atoms with E-state index in [0.717, 1.165) is 28.0 Å². The maximum absolute atomic E-state index is 10.3. The molecular weight excluding hydrogens is 328 g/mol. The Morgan fingerprint density at radius 3 is 2.79 bits per heavy atom. The summed E-state index contributed by atoms with van der Waals surface area (Å²) in [7, 11) is 0. The van der Waals surface area contributed by atoms with Gasteiger partial charge < -0.3 is 5.11 Å². The van der Waals surface area contributed by atoms with Crippen molar-refractivity contribution in [1.29, 1.82) is 0 Å². The molecule has 0 bridgehead atoms. The van der Waals surface area contributed by atoms with Crippen LogP contribution < -0.4 is 0 Å². The van der Waals surface area contributed by atoms with Crippen molar-refractivity contribution >= 4 is 27.5 Å². The molecule has 1 N–H and O–H groups in total. The molecule has 0 aliphatic carbocycles. The summed E-state index contributed by atoms with van der Waals surface area (Å²) in [5, 5.41) is 15.3. The summed E-state index contributed by atoms with van der Waals surface area (Å²) < 4.78 is 2.75. The van der Waals surface area contributed by atoms with Crippen LogP contribution >= 0.6 is 27.5 Å². The SMILES string of the molecule is CCn1nc(C)cc1CC(O)c1ccc(Br)c(Cl)c1. The van der Waals surface area contributed by atoms with Gasteiger partial charge >= 0.3 is 0 Å². The van der Waals surface area contributed by atoms with E-state index < -0.39 is 6.10 Å². The van der Waals surface area contributed by atoms with Crippen molar-refractivity contribution in [1.82, 2.24) is 9.78 Å². The third kappa shape index (κ3) is 3.38. The van der Waals surface area contributed by atoms with Gasteiger partial charge in [-0.2, -0.15) is 5.10 Å². The largest absolute Gasteiger partial charge is 0.388 e. The van der Waals surface area contributed by atoms with Crippen molar-refractivity contribution in [2.75, 3.05) is 0 Å². The number of hydrogen-bond acceptors (Lipinski definition) is 2. The summed E-state index contributed by atoms with van der Waals surface area (Å²) in [6.07, 6.45) is -0.0425. The van der Waals surface area contributed by atoms with Crippen LogP contribution in [0.3, 0.4) is 0 Å². The molecule has 2 rings (SSSR count). The molecule has 1 aromatic heterocycles. The van der Waals surface area contributed by atoms with E-state index in [1.54, 1.807) is 6.07 Å². The fraction of sp³-hybridized carbons (Fsp3) is 0.357. The van der Waals surface area contributed by atoms with Crippen molar-refractivity contribution in [3.8, 4) is 0 Å². The molecule has 0 fully saturated rings. The van der Waals surface area contributed by atoms with E-state index in [1.165, 1.54) is 0 Å². The predicted molar refractivity (Wildman–Crippen MR) is 80.5 cm³/mol. The molecule has 0 saturated heterocycles. The van der Waals surface area contributed by atoms with Gasteiger partial charge in [0.05, 0.1) is 16.8 Å². The number of aliphatic hydroxyl groups is 1. The van der Waals surface area contributed by atoms with Gasteiger partial charge in [0.1, 0.15) is 0 Å². The van der Waals surface area contributed by atoms with Gasteiger partial charge in [0.25, 0.3) is 0 Å². The van der Waals surface area contributed by atoms with E-state index in [1.807, 2.05) is 36.7 Å². The third-order valence-electron chi connectivity index (χ3n) is 3.02. The molecule has 1 heterocycles. The van der Waals surface area contributed by atoms with Crippen LogP contribution in [0.1, 0.15) is 30.0 Å². The monoisotopic (exact) mass is 342 g/mol. The minimum atomic E-state index is -0.577. The lowest BCUT2D eigenvalue weighted by Crippen LogP contribution is -2.08. The van der Waals surface area contributed by atoms with E-state index in [0.29, 0.717) is 11.4 Å². The molecule has 0 saturated carbocycles. The molecule has 2 aromatic rings. The van der Waals surface area contributed by atoms with Gasteiger partial charge in [-0.3, -0.25) is 4.68 Å². The first kappa shape index (κ1) is 14.6. The molecule has 0 radical (unpaired) electrons. The smallest absolute Gasteiger partial charge is 0.0845 e. The van der Waals surface area contributed by atoms with Crippen molar-refractivity contribution in [2.45, 2.75) is 32.9 Å². The Balaban J connectivity index is 2.20. The highest BCUT2D eigenvalue weighted by atomic mass is 79.9. The lowest BCUT2D eigenvalue weighted by Gasteiger charge is -2.12. The lowest BCUT2D eigenvalue weighted by atomic mass is 10.0. The van der Waals surface area contributed by atoms with Crippen LogP contribution in [0.4, 0.5) is 0 Å². The summed E-state index contributed by atoms with van der Waals surface area (Å²) >= 11 is 9.39. The van der Waals surface area contributed by atoms with Crippen molar-refractivity contribution < 1.29 is 5.11 Å². The second-order valence-electron chi connectivity index (χ2n) is 4.49. The van der Waals surface area contributed by atoms with Crippen LogP contribution in [-0.2, 0) is 13.0 Å². The lowest BCUT2D eigenvalue weighted by molar-refractivity contribution is 0.175. The standard InChI is InChI=1S/C14H16BrClN2O/c1-3-18-11(6-9(2)17-18)8-14(19)10-4-5-12(15)13(16)7-10/h4-7,14,19H,3,8H2,1-2H3. The number of benzene rings is 1. The van der Waals surface area contributed by atoms with Gasteiger partial charge in [-0.25, -0.2) is 0 Å². The van der Waals surface area contributed by atoms with Crippen LogP contribution in [-0.4, -0.2) is 14.9 Å². The molecule has 0 spiro atoms. The van der Waals surface area contributed by atoms with E-state index in [4.69, 9.17) is 11.6 Å². The molecule has 19 heavy (non-hydrogen) atoms. The summed E-state index contributed by atoms with van der Waals surface area (Å²) in [5.74, 6) is 0. The van der Waals surface area contributed by atoms with Crippen LogP contribution in [0.5, 0.6) is 0 Å². The molecule has 1 unspecified atom stereocenters. The van der Waals surface area contributed by atoms with Crippen LogP contribution in [0.15, 0.2) is 28.7 Å². The zero-order chi connectivity index (χ0) is 14.0. The number of rotatable bonds is 4. The number of aliphatic hydroxyl groups excluding tert-OH is 1. The zero-order valence-electron chi connectivity index (χ0n) is 10.9.